The first-order valence-corrected chi connectivity index (χ1v) is 10.2. The summed E-state index contributed by atoms with van der Waals surface area (Å²) in [5.41, 5.74) is 1.61. The van der Waals surface area contributed by atoms with Crippen molar-refractivity contribution in [2.75, 3.05) is 11.1 Å². The van der Waals surface area contributed by atoms with Crippen molar-refractivity contribution >= 4 is 46.6 Å². The Labute approximate surface area is 172 Å². The van der Waals surface area contributed by atoms with E-state index in [0.717, 1.165) is 24.4 Å². The quantitative estimate of drug-likeness (QED) is 0.520. The summed E-state index contributed by atoms with van der Waals surface area (Å²) in [5.74, 6) is 0.877. The highest BCUT2D eigenvalue weighted by molar-refractivity contribution is 7.99. The van der Waals surface area contributed by atoms with Crippen LogP contribution in [0.5, 0.6) is 0 Å². The summed E-state index contributed by atoms with van der Waals surface area (Å²) >= 11 is 13.3. The molecule has 0 fully saturated rings. The number of aromatic nitrogens is 3. The first-order valence-electron chi connectivity index (χ1n) is 8.44. The van der Waals surface area contributed by atoms with Crippen LogP contribution >= 0.6 is 35.0 Å². The number of hydrogen-bond acceptors (Lipinski definition) is 4. The number of hydrogen-bond donors (Lipinski definition) is 1. The minimum atomic E-state index is -0.124. The Balaban J connectivity index is 1.71. The Hall–Kier alpha value is -2.02. The van der Waals surface area contributed by atoms with E-state index in [9.17, 15) is 4.79 Å². The minimum absolute atomic E-state index is 0.124. The van der Waals surface area contributed by atoms with Crippen molar-refractivity contribution in [3.05, 3.63) is 58.6 Å². The van der Waals surface area contributed by atoms with Crippen LogP contribution in [-0.4, -0.2) is 26.4 Å². The summed E-state index contributed by atoms with van der Waals surface area (Å²) in [6, 6.07) is 14.5. The van der Waals surface area contributed by atoms with E-state index >= 15 is 0 Å². The van der Waals surface area contributed by atoms with Gasteiger partial charge in [-0.3, -0.25) is 4.79 Å². The molecular weight excluding hydrogens is 403 g/mol. The van der Waals surface area contributed by atoms with Crippen molar-refractivity contribution in [1.29, 1.82) is 0 Å². The molecule has 0 spiro atoms. The molecule has 0 saturated heterocycles. The van der Waals surface area contributed by atoms with Gasteiger partial charge in [-0.25, -0.2) is 0 Å². The number of benzene rings is 2. The van der Waals surface area contributed by atoms with E-state index < -0.39 is 0 Å². The highest BCUT2D eigenvalue weighted by atomic mass is 35.5. The van der Waals surface area contributed by atoms with Gasteiger partial charge in [0.05, 0.1) is 5.75 Å². The van der Waals surface area contributed by atoms with Gasteiger partial charge in [-0.2, -0.15) is 0 Å². The number of nitrogens with zero attached hydrogens (tertiary/aromatic N) is 3. The van der Waals surface area contributed by atoms with Gasteiger partial charge in [-0.15, -0.1) is 10.2 Å². The molecule has 0 atom stereocenters. The Morgan fingerprint density at radius 2 is 1.89 bits per heavy atom. The Kier molecular flexibility index (Phi) is 6.77. The molecule has 1 aromatic heterocycles. The second-order valence-electron chi connectivity index (χ2n) is 5.81. The molecule has 2 aromatic carbocycles. The molecule has 1 amide bonds. The molecule has 0 aliphatic carbocycles. The molecule has 8 heteroatoms. The van der Waals surface area contributed by atoms with Crippen LogP contribution < -0.4 is 5.32 Å². The molecule has 3 aromatic rings. The number of halogens is 2. The van der Waals surface area contributed by atoms with Crippen LogP contribution in [-0.2, 0) is 11.3 Å². The third-order valence-corrected chi connectivity index (χ3v) is 5.16. The fraction of sp³-hybridized carbons (Fsp3) is 0.211. The molecule has 0 radical (unpaired) electrons. The maximum Gasteiger partial charge on any atom is 0.234 e. The average molecular weight is 421 g/mol. The third-order valence-electron chi connectivity index (χ3n) is 3.71. The van der Waals surface area contributed by atoms with Gasteiger partial charge >= 0.3 is 0 Å². The molecule has 0 unspecified atom stereocenters. The number of rotatable bonds is 7. The standard InChI is InChI=1S/C19H18Cl2N4OS/c1-2-10-25-18(13-6-8-14(20)9-7-13)23-24-19(25)27-12-17(26)22-16-5-3-4-15(21)11-16/h3-9,11H,2,10,12H2,1H3,(H,22,26). The molecule has 0 bridgehead atoms. The van der Waals surface area contributed by atoms with Gasteiger partial charge in [0.25, 0.3) is 0 Å². The zero-order valence-electron chi connectivity index (χ0n) is 14.7. The maximum atomic E-state index is 12.2. The van der Waals surface area contributed by atoms with E-state index in [-0.39, 0.29) is 11.7 Å². The zero-order chi connectivity index (χ0) is 19.2. The molecular formula is C19H18Cl2N4OS. The predicted octanol–water partition coefficient (Wildman–Crippen LogP) is 5.39. The molecule has 1 heterocycles. The van der Waals surface area contributed by atoms with E-state index in [1.54, 1.807) is 24.3 Å². The van der Waals surface area contributed by atoms with Crippen LogP contribution in [0.15, 0.2) is 53.7 Å². The van der Waals surface area contributed by atoms with Crippen molar-refractivity contribution < 1.29 is 4.79 Å². The van der Waals surface area contributed by atoms with Crippen molar-refractivity contribution in [1.82, 2.24) is 14.8 Å². The molecule has 3 rings (SSSR count). The van der Waals surface area contributed by atoms with E-state index in [1.807, 2.05) is 28.8 Å². The summed E-state index contributed by atoms with van der Waals surface area (Å²) in [6.45, 7) is 2.86. The van der Waals surface area contributed by atoms with Gasteiger partial charge in [0.2, 0.25) is 5.91 Å². The summed E-state index contributed by atoms with van der Waals surface area (Å²) in [6.07, 6.45) is 0.931. The topological polar surface area (TPSA) is 59.8 Å². The van der Waals surface area contributed by atoms with Gasteiger partial charge in [0.15, 0.2) is 11.0 Å². The van der Waals surface area contributed by atoms with E-state index in [0.29, 0.717) is 20.9 Å². The molecule has 5 nitrogen and oxygen atoms in total. The second kappa shape index (κ2) is 9.26. The highest BCUT2D eigenvalue weighted by Gasteiger charge is 2.15. The summed E-state index contributed by atoms with van der Waals surface area (Å²) in [5, 5.41) is 13.4. The summed E-state index contributed by atoms with van der Waals surface area (Å²) < 4.78 is 2.03. The van der Waals surface area contributed by atoms with Gasteiger partial charge < -0.3 is 9.88 Å². The number of amides is 1. The number of carbonyl (C=O) groups is 1. The van der Waals surface area contributed by atoms with Crippen LogP contribution in [0.25, 0.3) is 11.4 Å². The molecule has 140 valence electrons. The van der Waals surface area contributed by atoms with Gasteiger partial charge in [0, 0.05) is 27.8 Å². The smallest absolute Gasteiger partial charge is 0.234 e. The van der Waals surface area contributed by atoms with Gasteiger partial charge in [-0.05, 0) is 48.9 Å². The van der Waals surface area contributed by atoms with Crippen LogP contribution in [0, 0.1) is 0 Å². The van der Waals surface area contributed by atoms with Crippen molar-refractivity contribution in [3.8, 4) is 11.4 Å². The molecule has 27 heavy (non-hydrogen) atoms. The molecule has 0 aliphatic heterocycles. The molecule has 1 N–H and O–H groups in total. The lowest BCUT2D eigenvalue weighted by atomic mass is 10.2. The lowest BCUT2D eigenvalue weighted by molar-refractivity contribution is -0.113. The van der Waals surface area contributed by atoms with Gasteiger partial charge in [0.1, 0.15) is 0 Å². The largest absolute Gasteiger partial charge is 0.325 e. The predicted molar refractivity (Wildman–Crippen MR) is 112 cm³/mol. The molecule has 0 aliphatic rings. The maximum absolute atomic E-state index is 12.2. The Morgan fingerprint density at radius 1 is 1.11 bits per heavy atom. The number of anilines is 1. The van der Waals surface area contributed by atoms with Gasteiger partial charge in [-0.1, -0.05) is 48.0 Å². The SMILES string of the molecule is CCCn1c(SCC(=O)Nc2cccc(Cl)c2)nnc1-c1ccc(Cl)cc1. The van der Waals surface area contributed by atoms with Crippen molar-refractivity contribution in [2.45, 2.75) is 25.0 Å². The van der Waals surface area contributed by atoms with Crippen LogP contribution in [0.2, 0.25) is 10.0 Å². The van der Waals surface area contributed by atoms with Crippen molar-refractivity contribution in [3.63, 3.8) is 0 Å². The normalized spacial score (nSPS) is 10.8. The number of thioether (sulfide) groups is 1. The highest BCUT2D eigenvalue weighted by Crippen LogP contribution is 2.26. The van der Waals surface area contributed by atoms with Crippen molar-refractivity contribution in [2.24, 2.45) is 0 Å². The first-order chi connectivity index (χ1) is 13.1. The summed E-state index contributed by atoms with van der Waals surface area (Å²) in [7, 11) is 0. The second-order valence-corrected chi connectivity index (χ2v) is 7.63. The number of nitrogens with one attached hydrogen (secondary N) is 1. The Morgan fingerprint density at radius 3 is 2.59 bits per heavy atom. The van der Waals surface area contributed by atoms with Crippen LogP contribution in [0.3, 0.4) is 0 Å². The first kappa shape index (κ1) is 19.7. The summed E-state index contributed by atoms with van der Waals surface area (Å²) in [4.78, 5) is 12.2. The monoisotopic (exact) mass is 420 g/mol. The lowest BCUT2D eigenvalue weighted by Crippen LogP contribution is -2.14. The number of carbonyl (C=O) groups excluding carboxylic acids is 1. The minimum Gasteiger partial charge on any atom is -0.325 e. The Bertz CT molecular complexity index is 928. The van der Waals surface area contributed by atoms with Crippen LogP contribution in [0.1, 0.15) is 13.3 Å². The fourth-order valence-electron chi connectivity index (χ4n) is 2.53. The van der Waals surface area contributed by atoms with E-state index in [4.69, 9.17) is 23.2 Å². The van der Waals surface area contributed by atoms with Crippen LogP contribution in [0.4, 0.5) is 5.69 Å². The van der Waals surface area contributed by atoms with E-state index in [1.165, 1.54) is 11.8 Å². The zero-order valence-corrected chi connectivity index (χ0v) is 17.0. The third kappa shape index (κ3) is 5.25. The molecule has 0 saturated carbocycles. The average Bonchev–Trinajstić information content (AvgIpc) is 3.04. The van der Waals surface area contributed by atoms with E-state index in [2.05, 4.69) is 22.4 Å². The lowest BCUT2D eigenvalue weighted by Gasteiger charge is -2.09. The fourth-order valence-corrected chi connectivity index (χ4v) is 3.61.